The molecule has 1 amide bonds. The summed E-state index contributed by atoms with van der Waals surface area (Å²) in [5.74, 6) is 0.0675. The fourth-order valence-electron chi connectivity index (χ4n) is 4.76. The second kappa shape index (κ2) is 8.94. The third kappa shape index (κ3) is 4.08. The zero-order valence-corrected chi connectivity index (χ0v) is 18.4. The Morgan fingerprint density at radius 3 is 2.53 bits per heavy atom. The quantitative estimate of drug-likeness (QED) is 0.407. The molecule has 1 unspecified atom stereocenters. The molecule has 1 heterocycles. The molecule has 0 bridgehead atoms. The summed E-state index contributed by atoms with van der Waals surface area (Å²) in [7, 11) is 0. The highest BCUT2D eigenvalue weighted by molar-refractivity contribution is 5.97. The molecule has 1 atom stereocenters. The van der Waals surface area contributed by atoms with Crippen LogP contribution in [0.5, 0.6) is 17.2 Å². The number of ether oxygens (including phenoxy) is 2. The summed E-state index contributed by atoms with van der Waals surface area (Å²) in [6, 6.07) is 23.0. The van der Waals surface area contributed by atoms with Crippen LogP contribution in [0.15, 0.2) is 72.8 Å². The number of para-hydroxylation sites is 1. The number of nitrogens with zero attached hydrogens (tertiary/aromatic N) is 1. The Morgan fingerprint density at radius 2 is 1.76 bits per heavy atom. The standard InChI is InChI=1S/C27H24N2O5/c28-27(32)20-12-13-22-25(20)26-21(10-5-11-23(26)33-16-24(30)31)29(22)15-17-6-4-9-19(14-17)34-18-7-2-1-3-8-18/h1-11,14,20H,12-13,15-16H2,(H2,28,32)(H,30,31). The van der Waals surface area contributed by atoms with Crippen LogP contribution in [0.25, 0.3) is 10.9 Å². The number of carboxylic acids is 1. The van der Waals surface area contributed by atoms with Crippen LogP contribution in [0.2, 0.25) is 0 Å². The van der Waals surface area contributed by atoms with Crippen LogP contribution in [0, 0.1) is 0 Å². The molecule has 7 nitrogen and oxygen atoms in total. The Balaban J connectivity index is 1.56. The largest absolute Gasteiger partial charge is 0.481 e. The highest BCUT2D eigenvalue weighted by Crippen LogP contribution is 2.44. The Hall–Kier alpha value is -4.26. The van der Waals surface area contributed by atoms with Crippen LogP contribution < -0.4 is 15.2 Å². The summed E-state index contributed by atoms with van der Waals surface area (Å²) in [6.07, 6.45) is 1.33. The van der Waals surface area contributed by atoms with E-state index in [4.69, 9.17) is 20.3 Å². The number of carbonyl (C=O) groups is 2. The van der Waals surface area contributed by atoms with Gasteiger partial charge in [0.25, 0.3) is 0 Å². The van der Waals surface area contributed by atoms with Gasteiger partial charge in [0, 0.05) is 17.6 Å². The minimum absolute atomic E-state index is 0.385. The van der Waals surface area contributed by atoms with Gasteiger partial charge in [0.15, 0.2) is 6.61 Å². The Bertz CT molecular complexity index is 1380. The van der Waals surface area contributed by atoms with E-state index >= 15 is 0 Å². The van der Waals surface area contributed by atoms with Crippen LogP contribution in [-0.2, 0) is 22.6 Å². The van der Waals surface area contributed by atoms with Crippen LogP contribution in [-0.4, -0.2) is 28.2 Å². The average molecular weight is 456 g/mol. The first-order valence-corrected chi connectivity index (χ1v) is 11.1. The molecule has 5 rings (SSSR count). The van der Waals surface area contributed by atoms with Gasteiger partial charge < -0.3 is 24.9 Å². The maximum Gasteiger partial charge on any atom is 0.341 e. The van der Waals surface area contributed by atoms with E-state index in [1.165, 1.54) is 0 Å². The lowest BCUT2D eigenvalue weighted by Crippen LogP contribution is -2.19. The first kappa shape index (κ1) is 21.6. The lowest BCUT2D eigenvalue weighted by Gasteiger charge is -2.13. The maximum atomic E-state index is 12.2. The predicted molar refractivity (Wildman–Crippen MR) is 127 cm³/mol. The van der Waals surface area contributed by atoms with Crippen molar-refractivity contribution in [3.63, 3.8) is 0 Å². The summed E-state index contributed by atoms with van der Waals surface area (Å²) < 4.78 is 13.8. The van der Waals surface area contributed by atoms with Crippen molar-refractivity contribution in [1.82, 2.24) is 4.57 Å². The number of nitrogens with two attached hydrogens (primary N) is 1. The van der Waals surface area contributed by atoms with Crippen molar-refractivity contribution in [2.75, 3.05) is 6.61 Å². The zero-order chi connectivity index (χ0) is 23.7. The number of carboxylic acid groups (broad SMARTS) is 1. The molecule has 34 heavy (non-hydrogen) atoms. The molecule has 3 N–H and O–H groups in total. The first-order chi connectivity index (χ1) is 16.5. The normalized spacial score (nSPS) is 14.6. The van der Waals surface area contributed by atoms with E-state index in [1.807, 2.05) is 66.7 Å². The van der Waals surface area contributed by atoms with Crippen molar-refractivity contribution in [3.8, 4) is 17.2 Å². The van der Waals surface area contributed by atoms with Gasteiger partial charge in [0.1, 0.15) is 17.2 Å². The fraction of sp³-hybridized carbons (Fsp3) is 0.185. The molecular formula is C27H24N2O5. The van der Waals surface area contributed by atoms with Crippen LogP contribution in [0.3, 0.4) is 0 Å². The topological polar surface area (TPSA) is 104 Å². The number of carbonyl (C=O) groups excluding carboxylic acids is 1. The van der Waals surface area contributed by atoms with Crippen LogP contribution in [0.4, 0.5) is 0 Å². The number of hydrogen-bond donors (Lipinski definition) is 2. The van der Waals surface area contributed by atoms with E-state index in [0.717, 1.165) is 39.2 Å². The third-order valence-corrected chi connectivity index (χ3v) is 6.13. The number of benzene rings is 3. The summed E-state index contributed by atoms with van der Waals surface area (Å²) in [4.78, 5) is 23.3. The minimum atomic E-state index is -1.06. The van der Waals surface area contributed by atoms with Crippen molar-refractivity contribution in [2.24, 2.45) is 5.73 Å². The monoisotopic (exact) mass is 456 g/mol. The molecule has 7 heteroatoms. The van der Waals surface area contributed by atoms with E-state index in [0.29, 0.717) is 25.1 Å². The molecule has 1 aliphatic rings. The second-order valence-corrected chi connectivity index (χ2v) is 8.34. The summed E-state index contributed by atoms with van der Waals surface area (Å²) in [5.41, 5.74) is 9.52. The average Bonchev–Trinajstić information content (AvgIpc) is 3.38. The summed E-state index contributed by atoms with van der Waals surface area (Å²) >= 11 is 0. The van der Waals surface area contributed by atoms with Gasteiger partial charge in [-0.25, -0.2) is 4.79 Å². The molecular weight excluding hydrogens is 432 g/mol. The second-order valence-electron chi connectivity index (χ2n) is 8.34. The lowest BCUT2D eigenvalue weighted by atomic mass is 9.99. The Kier molecular flexibility index (Phi) is 5.67. The molecule has 172 valence electrons. The maximum absolute atomic E-state index is 12.2. The smallest absolute Gasteiger partial charge is 0.341 e. The lowest BCUT2D eigenvalue weighted by molar-refractivity contribution is -0.139. The van der Waals surface area contributed by atoms with Gasteiger partial charge in [-0.05, 0) is 60.4 Å². The van der Waals surface area contributed by atoms with Gasteiger partial charge in [-0.3, -0.25) is 4.79 Å². The van der Waals surface area contributed by atoms with Gasteiger partial charge >= 0.3 is 5.97 Å². The summed E-state index contributed by atoms with van der Waals surface area (Å²) in [6.45, 7) is 0.102. The number of amides is 1. The SMILES string of the molecule is NC(=O)C1CCc2c1c1c(OCC(=O)O)cccc1n2Cc1cccc(Oc2ccccc2)c1. The zero-order valence-electron chi connectivity index (χ0n) is 18.4. The highest BCUT2D eigenvalue weighted by Gasteiger charge is 2.34. The van der Waals surface area contributed by atoms with Crippen molar-refractivity contribution >= 4 is 22.8 Å². The van der Waals surface area contributed by atoms with E-state index in [2.05, 4.69) is 4.57 Å². The van der Waals surface area contributed by atoms with Crippen molar-refractivity contribution in [1.29, 1.82) is 0 Å². The number of primary amides is 1. The van der Waals surface area contributed by atoms with Crippen LogP contribution in [0.1, 0.15) is 29.2 Å². The van der Waals surface area contributed by atoms with Crippen molar-refractivity contribution < 1.29 is 24.2 Å². The van der Waals surface area contributed by atoms with Gasteiger partial charge in [-0.1, -0.05) is 36.4 Å². The number of fused-ring (bicyclic) bond motifs is 3. The van der Waals surface area contributed by atoms with Crippen molar-refractivity contribution in [2.45, 2.75) is 25.3 Å². The highest BCUT2D eigenvalue weighted by atomic mass is 16.5. The number of aromatic nitrogens is 1. The first-order valence-electron chi connectivity index (χ1n) is 11.1. The molecule has 0 aliphatic heterocycles. The molecule has 0 saturated carbocycles. The molecule has 0 radical (unpaired) electrons. The van der Waals surface area contributed by atoms with E-state index in [-0.39, 0.29) is 5.91 Å². The fourth-order valence-corrected chi connectivity index (χ4v) is 4.76. The predicted octanol–water partition coefficient (Wildman–Crippen LogP) is 4.46. The molecule has 1 aliphatic carbocycles. The third-order valence-electron chi connectivity index (χ3n) is 6.13. The summed E-state index contributed by atoms with van der Waals surface area (Å²) in [5, 5.41) is 9.86. The number of hydrogen-bond acceptors (Lipinski definition) is 4. The van der Waals surface area contributed by atoms with Gasteiger partial charge in [0.05, 0.1) is 11.4 Å². The Labute approximate surface area is 196 Å². The van der Waals surface area contributed by atoms with Gasteiger partial charge in [-0.2, -0.15) is 0 Å². The molecule has 3 aromatic carbocycles. The number of aliphatic carboxylic acids is 1. The molecule has 0 spiro atoms. The minimum Gasteiger partial charge on any atom is -0.481 e. The molecule has 0 fully saturated rings. The Morgan fingerprint density at radius 1 is 1.00 bits per heavy atom. The van der Waals surface area contributed by atoms with Crippen LogP contribution >= 0.6 is 0 Å². The van der Waals surface area contributed by atoms with Gasteiger partial charge in [-0.15, -0.1) is 0 Å². The van der Waals surface area contributed by atoms with E-state index < -0.39 is 18.5 Å². The number of rotatable bonds is 8. The molecule has 1 aromatic heterocycles. The van der Waals surface area contributed by atoms with Gasteiger partial charge in [0.2, 0.25) is 5.91 Å². The molecule has 4 aromatic rings. The van der Waals surface area contributed by atoms with E-state index in [1.54, 1.807) is 6.07 Å². The van der Waals surface area contributed by atoms with E-state index in [9.17, 15) is 9.59 Å². The molecule has 0 saturated heterocycles. The van der Waals surface area contributed by atoms with Crippen molar-refractivity contribution in [3.05, 3.63) is 89.6 Å².